The van der Waals surface area contributed by atoms with Gasteiger partial charge in [0.1, 0.15) is 5.84 Å². The van der Waals surface area contributed by atoms with Crippen molar-refractivity contribution in [2.24, 2.45) is 16.8 Å². The molecule has 3 aliphatic heterocycles. The van der Waals surface area contributed by atoms with Crippen LogP contribution in [0.15, 0.2) is 41.4 Å². The first-order chi connectivity index (χ1) is 19.7. The molecule has 0 radical (unpaired) electrons. The molecule has 0 saturated carbocycles. The van der Waals surface area contributed by atoms with E-state index < -0.39 is 12.1 Å². The third-order valence-electron chi connectivity index (χ3n) is 8.46. The highest BCUT2D eigenvalue weighted by molar-refractivity contribution is 6.36. The number of carbonyl (C=O) groups excluding carboxylic acids is 1. The van der Waals surface area contributed by atoms with Crippen LogP contribution in [0.4, 0.5) is 13.2 Å². The van der Waals surface area contributed by atoms with Crippen LogP contribution in [-0.2, 0) is 6.42 Å². The maximum atomic E-state index is 13.0. The van der Waals surface area contributed by atoms with Crippen molar-refractivity contribution in [2.45, 2.75) is 51.1 Å². The van der Waals surface area contributed by atoms with Crippen LogP contribution in [0.2, 0.25) is 10.0 Å². The summed E-state index contributed by atoms with van der Waals surface area (Å²) in [5, 5.41) is 14.9. The Morgan fingerprint density at radius 3 is 2.15 bits per heavy atom. The summed E-state index contributed by atoms with van der Waals surface area (Å²) < 4.78 is 38.9. The molecule has 6 nitrogen and oxygen atoms in total. The van der Waals surface area contributed by atoms with E-state index in [-0.39, 0.29) is 37.8 Å². The van der Waals surface area contributed by atoms with Gasteiger partial charge in [0.05, 0.1) is 5.92 Å². The van der Waals surface area contributed by atoms with Crippen molar-refractivity contribution in [1.29, 1.82) is 5.26 Å². The van der Waals surface area contributed by atoms with Crippen molar-refractivity contribution in [3.63, 3.8) is 0 Å². The number of carbonyl (C=O) groups is 1. The lowest BCUT2D eigenvalue weighted by Gasteiger charge is -2.36. The Labute approximate surface area is 248 Å². The molecule has 2 aromatic carbocycles. The number of alkyl halides is 3. The smallest absolute Gasteiger partial charge is 0.339 e. The van der Waals surface area contributed by atoms with Gasteiger partial charge in [-0.25, -0.2) is 5.01 Å². The Kier molecular flexibility index (Phi) is 9.12. The van der Waals surface area contributed by atoms with Crippen LogP contribution < -0.4 is 0 Å². The number of hydrogen-bond acceptors (Lipinski definition) is 4. The van der Waals surface area contributed by atoms with E-state index in [9.17, 15) is 23.2 Å². The number of hydrazine groups is 1. The van der Waals surface area contributed by atoms with Gasteiger partial charge >= 0.3 is 6.18 Å². The predicted octanol–water partition coefficient (Wildman–Crippen LogP) is 7.22. The van der Waals surface area contributed by atoms with E-state index in [1.165, 1.54) is 11.3 Å². The van der Waals surface area contributed by atoms with Gasteiger partial charge in [0.15, 0.2) is 0 Å². The van der Waals surface area contributed by atoms with Gasteiger partial charge < -0.3 is 4.90 Å². The van der Waals surface area contributed by atoms with Crippen molar-refractivity contribution < 1.29 is 18.0 Å². The first-order valence-corrected chi connectivity index (χ1v) is 14.8. The number of piperidine rings is 2. The average Bonchev–Trinajstić information content (AvgIpc) is 3.37. The molecule has 41 heavy (non-hydrogen) atoms. The van der Waals surface area contributed by atoms with Crippen molar-refractivity contribution in [3.8, 4) is 17.3 Å². The topological polar surface area (TPSA) is 62.9 Å². The van der Waals surface area contributed by atoms with Gasteiger partial charge in [-0.1, -0.05) is 41.8 Å². The SMILES string of the molecule is N#C/N=C1/C(Cc2c(Cl)cc(-c3ccc(C(=O)N4CCC(C(F)(F)F)CC4)cc3)cc2Cl)CCN1N1CCCCC1. The number of amides is 1. The largest absolute Gasteiger partial charge is 0.391 e. The first kappa shape index (κ1) is 29.7. The normalized spacial score (nSPS) is 21.9. The molecule has 2 aromatic rings. The maximum Gasteiger partial charge on any atom is 0.391 e. The number of likely N-dealkylation sites (tertiary alicyclic amines) is 1. The summed E-state index contributed by atoms with van der Waals surface area (Å²) >= 11 is 13.5. The third-order valence-corrected chi connectivity index (χ3v) is 9.13. The number of nitrogens with zero attached hydrogens (tertiary/aromatic N) is 5. The number of aliphatic imine (C=N–C) groups is 1. The van der Waals surface area contributed by atoms with Crippen LogP contribution in [0.25, 0.3) is 11.1 Å². The molecule has 3 saturated heterocycles. The van der Waals surface area contributed by atoms with Gasteiger partial charge in [-0.05, 0) is 79.5 Å². The Morgan fingerprint density at radius 1 is 0.927 bits per heavy atom. The quantitative estimate of drug-likeness (QED) is 0.338. The van der Waals surface area contributed by atoms with Gasteiger partial charge in [0.2, 0.25) is 6.19 Å². The maximum absolute atomic E-state index is 13.0. The van der Waals surface area contributed by atoms with E-state index in [1.54, 1.807) is 24.3 Å². The summed E-state index contributed by atoms with van der Waals surface area (Å²) in [4.78, 5) is 18.6. The summed E-state index contributed by atoms with van der Waals surface area (Å²) in [7, 11) is 0. The highest BCUT2D eigenvalue weighted by Gasteiger charge is 2.42. The van der Waals surface area contributed by atoms with Gasteiger partial charge in [-0.3, -0.25) is 9.80 Å². The monoisotopic (exact) mass is 605 g/mol. The molecule has 0 bridgehead atoms. The van der Waals surface area contributed by atoms with E-state index in [0.717, 1.165) is 61.4 Å². The second kappa shape index (κ2) is 12.6. The van der Waals surface area contributed by atoms with Gasteiger partial charge in [0.25, 0.3) is 5.91 Å². The lowest BCUT2D eigenvalue weighted by molar-refractivity contribution is -0.183. The molecule has 0 aromatic heterocycles. The van der Waals surface area contributed by atoms with Crippen molar-refractivity contribution >= 4 is 34.9 Å². The molecule has 3 fully saturated rings. The number of halogens is 5. The molecule has 0 N–H and O–H groups in total. The molecule has 0 aliphatic carbocycles. The molecule has 1 amide bonds. The van der Waals surface area contributed by atoms with Crippen LogP contribution in [0, 0.1) is 23.3 Å². The fourth-order valence-electron chi connectivity index (χ4n) is 6.14. The van der Waals surface area contributed by atoms with Crippen LogP contribution in [0.5, 0.6) is 0 Å². The number of hydrogen-bond donors (Lipinski definition) is 0. The standard InChI is InChI=1S/C30H32Cl2F3N5O/c31-26-17-23(20-4-6-21(7-5-20)29(41)38-13-9-24(10-14-38)30(33,34)35)18-27(32)25(26)16-22-8-15-40(28(22)37-19-36)39-11-2-1-3-12-39/h4-7,17-18,22,24H,1-3,8-16H2/b37-28-. The van der Waals surface area contributed by atoms with Crippen molar-refractivity contribution in [3.05, 3.63) is 57.6 Å². The molecular formula is C30H32Cl2F3N5O. The fraction of sp³-hybridized carbons (Fsp3) is 0.500. The highest BCUT2D eigenvalue weighted by Crippen LogP contribution is 2.37. The second-order valence-electron chi connectivity index (χ2n) is 11.0. The Balaban J connectivity index is 1.26. The van der Waals surface area contributed by atoms with Gasteiger partial charge in [-0.15, -0.1) is 0 Å². The van der Waals surface area contributed by atoms with E-state index in [0.29, 0.717) is 22.0 Å². The molecule has 1 unspecified atom stereocenters. The fourth-order valence-corrected chi connectivity index (χ4v) is 6.78. The van der Waals surface area contributed by atoms with Gasteiger partial charge in [0, 0.05) is 54.3 Å². The van der Waals surface area contributed by atoms with Crippen LogP contribution in [-0.4, -0.2) is 65.6 Å². The van der Waals surface area contributed by atoms with Crippen LogP contribution >= 0.6 is 23.2 Å². The Hall–Kier alpha value is -2.80. The zero-order chi connectivity index (χ0) is 29.1. The second-order valence-corrected chi connectivity index (χ2v) is 11.8. The highest BCUT2D eigenvalue weighted by atomic mass is 35.5. The zero-order valence-corrected chi connectivity index (χ0v) is 24.2. The van der Waals surface area contributed by atoms with Gasteiger partial charge in [-0.2, -0.15) is 23.4 Å². The average molecular weight is 607 g/mol. The van der Waals surface area contributed by atoms with Crippen LogP contribution in [0.1, 0.15) is 54.4 Å². The lowest BCUT2D eigenvalue weighted by atomic mass is 9.94. The summed E-state index contributed by atoms with van der Waals surface area (Å²) in [5.41, 5.74) is 2.84. The van der Waals surface area contributed by atoms with Crippen molar-refractivity contribution in [2.75, 3.05) is 32.7 Å². The van der Waals surface area contributed by atoms with E-state index in [2.05, 4.69) is 15.0 Å². The third kappa shape index (κ3) is 6.66. The summed E-state index contributed by atoms with van der Waals surface area (Å²) in [6.07, 6.45) is 2.53. The predicted molar refractivity (Wildman–Crippen MR) is 154 cm³/mol. The zero-order valence-electron chi connectivity index (χ0n) is 22.6. The summed E-state index contributed by atoms with van der Waals surface area (Å²) in [5.74, 6) is -0.815. The summed E-state index contributed by atoms with van der Waals surface area (Å²) in [6.45, 7) is 2.93. The minimum Gasteiger partial charge on any atom is -0.339 e. The molecule has 3 aliphatic rings. The van der Waals surface area contributed by atoms with E-state index >= 15 is 0 Å². The molecule has 0 spiro atoms. The van der Waals surface area contributed by atoms with E-state index in [4.69, 9.17) is 23.2 Å². The van der Waals surface area contributed by atoms with Crippen molar-refractivity contribution in [1.82, 2.24) is 14.9 Å². The Morgan fingerprint density at radius 2 is 1.56 bits per heavy atom. The minimum atomic E-state index is -4.22. The molecule has 5 rings (SSSR count). The number of rotatable bonds is 5. The molecule has 11 heteroatoms. The Bertz CT molecular complexity index is 1300. The first-order valence-electron chi connectivity index (χ1n) is 14.1. The number of amidine groups is 1. The lowest BCUT2D eigenvalue weighted by Crippen LogP contribution is -2.47. The molecule has 1 atom stereocenters. The number of benzene rings is 2. The molecule has 218 valence electrons. The molecule has 3 heterocycles. The van der Waals surface area contributed by atoms with E-state index in [1.807, 2.05) is 18.3 Å². The minimum absolute atomic E-state index is 0.0314. The molecular weight excluding hydrogens is 574 g/mol. The summed E-state index contributed by atoms with van der Waals surface area (Å²) in [6, 6.07) is 10.6. The van der Waals surface area contributed by atoms with Crippen LogP contribution in [0.3, 0.4) is 0 Å². The number of nitriles is 1.